The van der Waals surface area contributed by atoms with Crippen LogP contribution in [0.3, 0.4) is 0 Å². The van der Waals surface area contributed by atoms with Crippen LogP contribution in [0, 0.1) is 11.6 Å². The molecule has 0 atom stereocenters. The molecular weight excluding hydrogens is 288 g/mol. The number of H-pyrrole nitrogens is 1. The third-order valence-corrected chi connectivity index (χ3v) is 3.94. The number of anilines is 1. The number of hydrogen-bond donors (Lipinski definition) is 2. The lowest BCUT2D eigenvalue weighted by Crippen LogP contribution is -2.13. The summed E-state index contributed by atoms with van der Waals surface area (Å²) in [6, 6.07) is 3.93. The Kier molecular flexibility index (Phi) is 4.03. The van der Waals surface area contributed by atoms with E-state index in [1.807, 2.05) is 6.92 Å². The Morgan fingerprint density at radius 3 is 2.65 bits per heavy atom. The van der Waals surface area contributed by atoms with Gasteiger partial charge in [0, 0.05) is 11.8 Å². The number of aromatic nitrogens is 2. The third kappa shape index (κ3) is 3.13. The van der Waals surface area contributed by atoms with Crippen LogP contribution in [0.15, 0.2) is 29.2 Å². The van der Waals surface area contributed by atoms with Crippen LogP contribution in [0.4, 0.5) is 14.6 Å². The van der Waals surface area contributed by atoms with Gasteiger partial charge in [-0.1, -0.05) is 13.3 Å². The molecule has 0 saturated carbocycles. The fraction of sp³-hybridized carbons (Fsp3) is 0.250. The normalized spacial score (nSPS) is 11.6. The van der Waals surface area contributed by atoms with Crippen LogP contribution in [0.1, 0.15) is 19.0 Å². The molecule has 0 aliphatic carbocycles. The molecule has 2 rings (SSSR count). The Bertz CT molecular complexity index is 713. The second-order valence-corrected chi connectivity index (χ2v) is 5.89. The standard InChI is InChI=1S/C12H13F2N3O2S/c1-2-3-8-6-12(16-15-8)17-20(18,19)9-4-5-10(13)11(14)7-9/h4-7H,2-3H2,1H3,(H2,15,16,17). The van der Waals surface area contributed by atoms with E-state index in [0.717, 1.165) is 30.7 Å². The zero-order valence-corrected chi connectivity index (χ0v) is 11.5. The lowest BCUT2D eigenvalue weighted by molar-refractivity contribution is 0.504. The van der Waals surface area contributed by atoms with Crippen molar-refractivity contribution in [1.29, 1.82) is 0 Å². The molecule has 0 bridgehead atoms. The van der Waals surface area contributed by atoms with E-state index < -0.39 is 21.7 Å². The second kappa shape index (κ2) is 5.58. The number of nitrogens with zero attached hydrogens (tertiary/aromatic N) is 1. The molecule has 1 heterocycles. The van der Waals surface area contributed by atoms with Crippen LogP contribution in [0.2, 0.25) is 0 Å². The highest BCUT2D eigenvalue weighted by atomic mass is 32.2. The topological polar surface area (TPSA) is 74.8 Å². The molecule has 0 fully saturated rings. The van der Waals surface area contributed by atoms with Crippen LogP contribution < -0.4 is 4.72 Å². The summed E-state index contributed by atoms with van der Waals surface area (Å²) in [6.45, 7) is 1.98. The summed E-state index contributed by atoms with van der Waals surface area (Å²) in [5.41, 5.74) is 0.787. The van der Waals surface area contributed by atoms with Crippen LogP contribution in [0.25, 0.3) is 0 Å². The van der Waals surface area contributed by atoms with Crippen molar-refractivity contribution in [2.24, 2.45) is 0 Å². The maximum absolute atomic E-state index is 13.1. The fourth-order valence-corrected chi connectivity index (χ4v) is 2.66. The van der Waals surface area contributed by atoms with Gasteiger partial charge in [0.1, 0.15) is 0 Å². The SMILES string of the molecule is CCCc1cc(NS(=O)(=O)c2ccc(F)c(F)c2)n[nH]1. The Labute approximate surface area is 115 Å². The number of rotatable bonds is 5. The first-order chi connectivity index (χ1) is 9.42. The van der Waals surface area contributed by atoms with Crippen molar-refractivity contribution in [2.75, 3.05) is 4.72 Å². The molecule has 1 aromatic heterocycles. The van der Waals surface area contributed by atoms with Crippen molar-refractivity contribution in [2.45, 2.75) is 24.7 Å². The minimum atomic E-state index is -3.99. The molecular formula is C12H13F2N3O2S. The van der Waals surface area contributed by atoms with Gasteiger partial charge < -0.3 is 0 Å². The van der Waals surface area contributed by atoms with Gasteiger partial charge in [-0.05, 0) is 24.6 Å². The summed E-state index contributed by atoms with van der Waals surface area (Å²) in [6.07, 6.45) is 1.62. The minimum absolute atomic E-state index is 0.109. The zero-order valence-electron chi connectivity index (χ0n) is 10.7. The average molecular weight is 301 g/mol. The van der Waals surface area contributed by atoms with Crippen molar-refractivity contribution in [3.8, 4) is 0 Å². The average Bonchev–Trinajstić information content (AvgIpc) is 2.79. The van der Waals surface area contributed by atoms with Gasteiger partial charge in [-0.2, -0.15) is 5.10 Å². The maximum atomic E-state index is 13.1. The Hall–Kier alpha value is -1.96. The fourth-order valence-electron chi connectivity index (χ4n) is 1.65. The highest BCUT2D eigenvalue weighted by Gasteiger charge is 2.17. The predicted octanol–water partition coefficient (Wildman–Crippen LogP) is 2.44. The largest absolute Gasteiger partial charge is 0.280 e. The summed E-state index contributed by atoms with van der Waals surface area (Å²) in [7, 11) is -3.99. The smallest absolute Gasteiger partial charge is 0.263 e. The first-order valence-corrected chi connectivity index (χ1v) is 7.43. The van der Waals surface area contributed by atoms with Crippen LogP contribution in [-0.2, 0) is 16.4 Å². The van der Waals surface area contributed by atoms with Crippen molar-refractivity contribution in [3.63, 3.8) is 0 Å². The molecule has 0 amide bonds. The Balaban J connectivity index is 2.23. The Morgan fingerprint density at radius 2 is 2.00 bits per heavy atom. The molecule has 20 heavy (non-hydrogen) atoms. The molecule has 0 spiro atoms. The highest BCUT2D eigenvalue weighted by Crippen LogP contribution is 2.17. The number of aryl methyl sites for hydroxylation is 1. The molecule has 8 heteroatoms. The molecule has 0 saturated heterocycles. The van der Waals surface area contributed by atoms with Crippen molar-refractivity contribution >= 4 is 15.8 Å². The van der Waals surface area contributed by atoms with Gasteiger partial charge in [-0.15, -0.1) is 0 Å². The quantitative estimate of drug-likeness (QED) is 0.890. The maximum Gasteiger partial charge on any atom is 0.263 e. The molecule has 2 N–H and O–H groups in total. The predicted molar refractivity (Wildman–Crippen MR) is 69.7 cm³/mol. The molecule has 0 radical (unpaired) electrons. The van der Waals surface area contributed by atoms with Gasteiger partial charge >= 0.3 is 0 Å². The third-order valence-electron chi connectivity index (χ3n) is 2.59. The van der Waals surface area contributed by atoms with E-state index in [9.17, 15) is 17.2 Å². The molecule has 108 valence electrons. The number of aromatic amines is 1. The second-order valence-electron chi connectivity index (χ2n) is 4.21. The van der Waals surface area contributed by atoms with E-state index in [1.165, 1.54) is 0 Å². The van der Waals surface area contributed by atoms with E-state index in [0.29, 0.717) is 6.07 Å². The van der Waals surface area contributed by atoms with E-state index in [4.69, 9.17) is 0 Å². The van der Waals surface area contributed by atoms with Crippen molar-refractivity contribution in [3.05, 3.63) is 41.6 Å². The van der Waals surface area contributed by atoms with E-state index in [-0.39, 0.29) is 10.7 Å². The van der Waals surface area contributed by atoms with Crippen LogP contribution in [-0.4, -0.2) is 18.6 Å². The lowest BCUT2D eigenvalue weighted by Gasteiger charge is -2.05. The van der Waals surface area contributed by atoms with E-state index in [1.54, 1.807) is 6.07 Å². The molecule has 0 aliphatic rings. The van der Waals surface area contributed by atoms with Gasteiger partial charge in [-0.3, -0.25) is 9.82 Å². The van der Waals surface area contributed by atoms with Gasteiger partial charge in [0.2, 0.25) is 0 Å². The summed E-state index contributed by atoms with van der Waals surface area (Å²) in [4.78, 5) is -0.364. The summed E-state index contributed by atoms with van der Waals surface area (Å²) < 4.78 is 52.0. The molecule has 2 aromatic rings. The van der Waals surface area contributed by atoms with Crippen LogP contribution in [0.5, 0.6) is 0 Å². The molecule has 5 nitrogen and oxygen atoms in total. The monoisotopic (exact) mass is 301 g/mol. The van der Waals surface area contributed by atoms with Crippen LogP contribution >= 0.6 is 0 Å². The van der Waals surface area contributed by atoms with Gasteiger partial charge in [0.25, 0.3) is 10.0 Å². The zero-order chi connectivity index (χ0) is 14.8. The van der Waals surface area contributed by atoms with Crippen molar-refractivity contribution in [1.82, 2.24) is 10.2 Å². The molecule has 0 unspecified atom stereocenters. The molecule has 1 aromatic carbocycles. The number of nitrogens with one attached hydrogen (secondary N) is 2. The Morgan fingerprint density at radius 1 is 1.25 bits per heavy atom. The summed E-state index contributed by atoms with van der Waals surface area (Å²) in [5, 5.41) is 6.49. The van der Waals surface area contributed by atoms with Crippen molar-refractivity contribution < 1.29 is 17.2 Å². The summed E-state index contributed by atoms with van der Waals surface area (Å²) in [5.74, 6) is -2.21. The number of halogens is 2. The molecule has 0 aliphatic heterocycles. The minimum Gasteiger partial charge on any atom is -0.280 e. The number of benzene rings is 1. The van der Waals surface area contributed by atoms with Gasteiger partial charge in [0.05, 0.1) is 4.90 Å². The van der Waals surface area contributed by atoms with E-state index >= 15 is 0 Å². The first kappa shape index (κ1) is 14.4. The highest BCUT2D eigenvalue weighted by molar-refractivity contribution is 7.92. The number of sulfonamides is 1. The first-order valence-electron chi connectivity index (χ1n) is 5.94. The van der Waals surface area contributed by atoms with E-state index in [2.05, 4.69) is 14.9 Å². The lowest BCUT2D eigenvalue weighted by atomic mass is 10.2. The number of hydrogen-bond acceptors (Lipinski definition) is 3. The summed E-state index contributed by atoms with van der Waals surface area (Å²) >= 11 is 0. The van der Waals surface area contributed by atoms with Gasteiger partial charge in [-0.25, -0.2) is 17.2 Å². The van der Waals surface area contributed by atoms with Gasteiger partial charge in [0.15, 0.2) is 17.5 Å².